The molecule has 4 rings (SSSR count). The predicted octanol–water partition coefficient (Wildman–Crippen LogP) is 4.80. The molecule has 1 aliphatic heterocycles. The lowest BCUT2D eigenvalue weighted by Gasteiger charge is -2.31. The second-order valence-electron chi connectivity index (χ2n) is 10.2. The number of benzene rings is 1. The Morgan fingerprint density at radius 2 is 1.81 bits per heavy atom. The van der Waals surface area contributed by atoms with E-state index < -0.39 is 0 Å². The molecular formula is C25H35N3O3. The van der Waals surface area contributed by atoms with Crippen molar-refractivity contribution in [3.05, 3.63) is 24.5 Å². The van der Waals surface area contributed by atoms with Crippen molar-refractivity contribution in [3.63, 3.8) is 0 Å². The van der Waals surface area contributed by atoms with Crippen molar-refractivity contribution in [2.75, 3.05) is 31.2 Å². The fraction of sp³-hybridized carbons (Fsp3) is 0.640. The van der Waals surface area contributed by atoms with Gasteiger partial charge in [-0.2, -0.15) is 0 Å². The number of hydrogen-bond donors (Lipinski definition) is 0. The Bertz CT molecular complexity index is 895. The summed E-state index contributed by atoms with van der Waals surface area (Å²) in [6, 6.07) is 4.21. The number of fused-ring (bicyclic) bond motifs is 1. The van der Waals surface area contributed by atoms with E-state index in [0.29, 0.717) is 24.5 Å². The molecule has 0 N–H and O–H groups in total. The lowest BCUT2D eigenvalue weighted by atomic mass is 9.81. The lowest BCUT2D eigenvalue weighted by Crippen LogP contribution is -2.36. The Morgan fingerprint density at radius 1 is 1.10 bits per heavy atom. The van der Waals surface area contributed by atoms with E-state index in [-0.39, 0.29) is 11.5 Å². The maximum atomic E-state index is 12.4. The van der Waals surface area contributed by atoms with Crippen LogP contribution in [-0.2, 0) is 9.53 Å². The number of carbonyl (C=O) groups is 1. The van der Waals surface area contributed by atoms with Gasteiger partial charge >= 0.3 is 0 Å². The lowest BCUT2D eigenvalue weighted by molar-refractivity contribution is -0.122. The summed E-state index contributed by atoms with van der Waals surface area (Å²) in [6.45, 7) is 9.63. The van der Waals surface area contributed by atoms with Gasteiger partial charge in [-0.1, -0.05) is 20.8 Å². The van der Waals surface area contributed by atoms with Crippen LogP contribution in [0.15, 0.2) is 24.5 Å². The van der Waals surface area contributed by atoms with Crippen LogP contribution < -0.4 is 9.64 Å². The molecule has 31 heavy (non-hydrogen) atoms. The highest BCUT2D eigenvalue weighted by molar-refractivity contribution is 5.85. The Kier molecular flexibility index (Phi) is 6.75. The van der Waals surface area contributed by atoms with Crippen LogP contribution in [0, 0.1) is 11.3 Å². The molecule has 0 radical (unpaired) electrons. The quantitative estimate of drug-likeness (QED) is 0.662. The average molecular weight is 426 g/mol. The number of ketones is 1. The number of Topliss-reactive ketones (excluding diaryl/α,β-unsaturated/α-hetero) is 1. The van der Waals surface area contributed by atoms with Crippen LogP contribution in [0.3, 0.4) is 0 Å². The van der Waals surface area contributed by atoms with E-state index in [4.69, 9.17) is 9.47 Å². The van der Waals surface area contributed by atoms with Crippen LogP contribution in [0.5, 0.6) is 5.75 Å². The minimum atomic E-state index is 0.0744. The predicted molar refractivity (Wildman–Crippen MR) is 123 cm³/mol. The minimum Gasteiger partial charge on any atom is -0.488 e. The largest absolute Gasteiger partial charge is 0.488 e. The standard InChI is InChI=1S/C25H35N3O3/c1-25(2,3)17-20(29)14-18-4-6-21(7-5-18)31-23-16-19(28-10-12-30-13-11-28)15-22-24(23)27-9-8-26-22/h8-9,15-16,18,21H,4-7,10-14,17H2,1-3H3. The van der Waals surface area contributed by atoms with Crippen LogP contribution in [0.1, 0.15) is 59.3 Å². The number of nitrogens with zero attached hydrogens (tertiary/aromatic N) is 3. The van der Waals surface area contributed by atoms with Gasteiger partial charge in [0.25, 0.3) is 0 Å². The molecule has 1 saturated carbocycles. The summed E-state index contributed by atoms with van der Waals surface area (Å²) in [5.74, 6) is 1.71. The third-order valence-electron chi connectivity index (χ3n) is 6.23. The molecule has 2 fully saturated rings. The van der Waals surface area contributed by atoms with Gasteiger partial charge in [-0.15, -0.1) is 0 Å². The summed E-state index contributed by atoms with van der Waals surface area (Å²) in [7, 11) is 0. The van der Waals surface area contributed by atoms with E-state index in [2.05, 4.69) is 47.8 Å². The van der Waals surface area contributed by atoms with E-state index in [1.165, 1.54) is 0 Å². The molecule has 0 amide bonds. The summed E-state index contributed by atoms with van der Waals surface area (Å²) in [5.41, 5.74) is 2.88. The number of aromatic nitrogens is 2. The molecule has 2 aromatic rings. The molecule has 6 nitrogen and oxygen atoms in total. The first-order chi connectivity index (χ1) is 14.9. The molecule has 1 saturated heterocycles. The number of morpholine rings is 1. The molecule has 0 atom stereocenters. The zero-order valence-corrected chi connectivity index (χ0v) is 19.1. The molecule has 2 aliphatic rings. The summed E-state index contributed by atoms with van der Waals surface area (Å²) in [4.78, 5) is 23.8. The van der Waals surface area contributed by atoms with Crippen LogP contribution in [0.25, 0.3) is 11.0 Å². The van der Waals surface area contributed by atoms with Gasteiger partial charge in [0.1, 0.15) is 17.0 Å². The molecule has 1 aromatic carbocycles. The van der Waals surface area contributed by atoms with Crippen molar-refractivity contribution in [2.45, 2.75) is 65.4 Å². The van der Waals surface area contributed by atoms with E-state index in [0.717, 1.165) is 74.5 Å². The van der Waals surface area contributed by atoms with Crippen LogP contribution in [-0.4, -0.2) is 48.2 Å². The fourth-order valence-corrected chi connectivity index (χ4v) is 4.74. The number of carbonyl (C=O) groups excluding carboxylic acids is 1. The third kappa shape index (κ3) is 5.94. The van der Waals surface area contributed by atoms with Gasteiger partial charge in [0.2, 0.25) is 0 Å². The molecule has 1 aromatic heterocycles. The molecule has 2 heterocycles. The monoisotopic (exact) mass is 425 g/mol. The maximum absolute atomic E-state index is 12.4. The van der Waals surface area contributed by atoms with Crippen molar-refractivity contribution in [3.8, 4) is 5.75 Å². The van der Waals surface area contributed by atoms with Crippen molar-refractivity contribution in [2.24, 2.45) is 11.3 Å². The van der Waals surface area contributed by atoms with Crippen LogP contribution in [0.2, 0.25) is 0 Å². The van der Waals surface area contributed by atoms with Gasteiger partial charge < -0.3 is 14.4 Å². The maximum Gasteiger partial charge on any atom is 0.149 e. The molecule has 0 spiro atoms. The summed E-state index contributed by atoms with van der Waals surface area (Å²) in [6.07, 6.45) is 9.07. The zero-order chi connectivity index (χ0) is 21.8. The molecule has 168 valence electrons. The Hall–Kier alpha value is -2.21. The first kappa shape index (κ1) is 22.0. The number of rotatable bonds is 6. The Labute approximate surface area is 185 Å². The van der Waals surface area contributed by atoms with E-state index in [9.17, 15) is 4.79 Å². The average Bonchev–Trinajstić information content (AvgIpc) is 2.74. The highest BCUT2D eigenvalue weighted by Crippen LogP contribution is 2.35. The summed E-state index contributed by atoms with van der Waals surface area (Å²) < 4.78 is 12.0. The highest BCUT2D eigenvalue weighted by atomic mass is 16.5. The van der Waals surface area contributed by atoms with E-state index >= 15 is 0 Å². The van der Waals surface area contributed by atoms with Gasteiger partial charge in [-0.3, -0.25) is 9.78 Å². The summed E-state index contributed by atoms with van der Waals surface area (Å²) >= 11 is 0. The van der Waals surface area contributed by atoms with Gasteiger partial charge in [-0.25, -0.2) is 4.98 Å². The van der Waals surface area contributed by atoms with Gasteiger partial charge in [0, 0.05) is 50.1 Å². The van der Waals surface area contributed by atoms with Gasteiger partial charge in [-0.05, 0) is 43.1 Å². The van der Waals surface area contributed by atoms with Gasteiger partial charge in [0.15, 0.2) is 0 Å². The van der Waals surface area contributed by atoms with Crippen LogP contribution in [0.4, 0.5) is 5.69 Å². The fourth-order valence-electron chi connectivity index (χ4n) is 4.74. The third-order valence-corrected chi connectivity index (χ3v) is 6.23. The normalized spacial score (nSPS) is 22.5. The Morgan fingerprint density at radius 3 is 2.52 bits per heavy atom. The van der Waals surface area contributed by atoms with E-state index in [1.54, 1.807) is 12.4 Å². The van der Waals surface area contributed by atoms with Crippen LogP contribution >= 0.6 is 0 Å². The van der Waals surface area contributed by atoms with Crippen molar-refractivity contribution >= 4 is 22.5 Å². The van der Waals surface area contributed by atoms with Gasteiger partial charge in [0.05, 0.1) is 24.8 Å². The zero-order valence-electron chi connectivity index (χ0n) is 19.1. The Balaban J connectivity index is 1.41. The number of anilines is 1. The van der Waals surface area contributed by atoms with E-state index in [1.807, 2.05) is 0 Å². The molecule has 0 bridgehead atoms. The number of hydrogen-bond acceptors (Lipinski definition) is 6. The SMILES string of the molecule is CC(C)(C)CC(=O)CC1CCC(Oc2cc(N3CCOCC3)cc3nccnc23)CC1. The minimum absolute atomic E-state index is 0.0744. The smallest absolute Gasteiger partial charge is 0.149 e. The van der Waals surface area contributed by atoms with Crippen molar-refractivity contribution in [1.82, 2.24) is 9.97 Å². The second-order valence-corrected chi connectivity index (χ2v) is 10.2. The first-order valence-electron chi connectivity index (χ1n) is 11.6. The second kappa shape index (κ2) is 9.51. The van der Waals surface area contributed by atoms with Crippen molar-refractivity contribution in [1.29, 1.82) is 0 Å². The topological polar surface area (TPSA) is 64.5 Å². The molecule has 6 heteroatoms. The molecule has 0 unspecified atom stereocenters. The highest BCUT2D eigenvalue weighted by Gasteiger charge is 2.26. The number of ether oxygens (including phenoxy) is 2. The summed E-state index contributed by atoms with van der Waals surface area (Å²) in [5, 5.41) is 0. The molecular weight excluding hydrogens is 390 g/mol. The molecule has 1 aliphatic carbocycles. The first-order valence-corrected chi connectivity index (χ1v) is 11.6. The van der Waals surface area contributed by atoms with Crippen molar-refractivity contribution < 1.29 is 14.3 Å².